The predicted molar refractivity (Wildman–Crippen MR) is 106 cm³/mol. The smallest absolute Gasteiger partial charge is 0.0295 e. The van der Waals surface area contributed by atoms with Crippen molar-refractivity contribution in [3.8, 4) is 0 Å². The molecule has 0 aliphatic rings. The molecule has 0 radical (unpaired) electrons. The zero-order chi connectivity index (χ0) is 17.9. The van der Waals surface area contributed by atoms with Gasteiger partial charge >= 0.3 is 0 Å². The molecule has 0 aliphatic heterocycles. The van der Waals surface area contributed by atoms with E-state index in [1.165, 1.54) is 36.0 Å². The van der Waals surface area contributed by atoms with Crippen molar-refractivity contribution >= 4 is 0 Å². The first kappa shape index (κ1) is 21.1. The standard InChI is InChI=1S/C21H39N3/c1-4-7-10-19(22)16-13-17(20(23)11-8-5-2)15-18(14-16)21(24)12-9-6-3/h13-15,19-21H,4-12,22-24H2,1-3H3. The minimum absolute atomic E-state index is 0.0837. The average Bonchev–Trinajstić information content (AvgIpc) is 2.61. The number of benzene rings is 1. The van der Waals surface area contributed by atoms with Crippen LogP contribution < -0.4 is 17.2 Å². The molecule has 3 heteroatoms. The normalized spacial score (nSPS) is 15.2. The molecule has 0 heterocycles. The van der Waals surface area contributed by atoms with Gasteiger partial charge in [0, 0.05) is 18.1 Å². The molecule has 1 rings (SSSR count). The van der Waals surface area contributed by atoms with Crippen LogP contribution in [0.25, 0.3) is 0 Å². The summed E-state index contributed by atoms with van der Waals surface area (Å²) in [6.07, 6.45) is 10.1. The molecule has 1 aromatic rings. The fourth-order valence-corrected chi connectivity index (χ4v) is 3.12. The molecule has 0 amide bonds. The molecule has 0 aliphatic carbocycles. The monoisotopic (exact) mass is 333 g/mol. The van der Waals surface area contributed by atoms with Gasteiger partial charge in [-0.3, -0.25) is 0 Å². The molecule has 0 saturated heterocycles. The van der Waals surface area contributed by atoms with Gasteiger partial charge in [0.15, 0.2) is 0 Å². The Bertz CT molecular complexity index is 379. The van der Waals surface area contributed by atoms with Gasteiger partial charge in [0.1, 0.15) is 0 Å². The summed E-state index contributed by atoms with van der Waals surface area (Å²) in [6.45, 7) is 6.61. The predicted octanol–water partition coefficient (Wildman–Crippen LogP) is 5.26. The molecular weight excluding hydrogens is 294 g/mol. The first-order chi connectivity index (χ1) is 11.5. The third kappa shape index (κ3) is 6.92. The Morgan fingerprint density at radius 2 is 0.833 bits per heavy atom. The van der Waals surface area contributed by atoms with Crippen molar-refractivity contribution in [3.05, 3.63) is 34.9 Å². The Kier molecular flexibility index (Phi) is 10.2. The van der Waals surface area contributed by atoms with Crippen molar-refractivity contribution in [2.75, 3.05) is 0 Å². The van der Waals surface area contributed by atoms with Gasteiger partial charge in [0.05, 0.1) is 0 Å². The molecule has 3 unspecified atom stereocenters. The lowest BCUT2D eigenvalue weighted by Gasteiger charge is -2.21. The molecule has 0 spiro atoms. The third-order valence-corrected chi connectivity index (χ3v) is 4.89. The van der Waals surface area contributed by atoms with E-state index >= 15 is 0 Å². The Labute approximate surface area is 149 Å². The SMILES string of the molecule is CCCCC(N)c1cc(C(N)CCCC)cc(C(N)CCCC)c1. The van der Waals surface area contributed by atoms with Gasteiger partial charge in [-0.1, -0.05) is 77.5 Å². The number of unbranched alkanes of at least 4 members (excludes halogenated alkanes) is 3. The highest BCUT2D eigenvalue weighted by molar-refractivity contribution is 5.35. The Morgan fingerprint density at radius 1 is 0.583 bits per heavy atom. The first-order valence-corrected chi connectivity index (χ1v) is 9.94. The zero-order valence-electron chi connectivity index (χ0n) is 16.1. The summed E-state index contributed by atoms with van der Waals surface area (Å²) in [7, 11) is 0. The molecule has 3 nitrogen and oxygen atoms in total. The molecule has 3 atom stereocenters. The second kappa shape index (κ2) is 11.6. The van der Waals surface area contributed by atoms with Gasteiger partial charge in [-0.05, 0) is 36.0 Å². The lowest BCUT2D eigenvalue weighted by molar-refractivity contribution is 0.577. The summed E-state index contributed by atoms with van der Waals surface area (Å²) in [4.78, 5) is 0. The van der Waals surface area contributed by atoms with Crippen molar-refractivity contribution in [1.29, 1.82) is 0 Å². The van der Waals surface area contributed by atoms with E-state index in [1.54, 1.807) is 0 Å². The van der Waals surface area contributed by atoms with E-state index in [0.717, 1.165) is 38.5 Å². The maximum Gasteiger partial charge on any atom is 0.0295 e. The molecule has 24 heavy (non-hydrogen) atoms. The lowest BCUT2D eigenvalue weighted by Crippen LogP contribution is -2.17. The summed E-state index contributed by atoms with van der Waals surface area (Å²) < 4.78 is 0. The Hall–Kier alpha value is -0.900. The van der Waals surface area contributed by atoms with Crippen molar-refractivity contribution in [1.82, 2.24) is 0 Å². The van der Waals surface area contributed by atoms with Gasteiger partial charge in [0.2, 0.25) is 0 Å². The van der Waals surface area contributed by atoms with E-state index in [-0.39, 0.29) is 18.1 Å². The molecular formula is C21H39N3. The molecule has 6 N–H and O–H groups in total. The van der Waals surface area contributed by atoms with Gasteiger partial charge in [-0.15, -0.1) is 0 Å². The van der Waals surface area contributed by atoms with Gasteiger partial charge in [-0.2, -0.15) is 0 Å². The quantitative estimate of drug-likeness (QED) is 0.488. The second-order valence-corrected chi connectivity index (χ2v) is 7.18. The number of nitrogens with two attached hydrogens (primary N) is 3. The van der Waals surface area contributed by atoms with Crippen molar-refractivity contribution in [2.24, 2.45) is 17.2 Å². The summed E-state index contributed by atoms with van der Waals surface area (Å²) >= 11 is 0. The molecule has 0 saturated carbocycles. The van der Waals surface area contributed by atoms with Crippen LogP contribution in [0.15, 0.2) is 18.2 Å². The van der Waals surface area contributed by atoms with Crippen LogP contribution >= 0.6 is 0 Å². The van der Waals surface area contributed by atoms with E-state index in [1.807, 2.05) is 0 Å². The zero-order valence-corrected chi connectivity index (χ0v) is 16.1. The van der Waals surface area contributed by atoms with E-state index < -0.39 is 0 Å². The number of hydrogen-bond acceptors (Lipinski definition) is 3. The fourth-order valence-electron chi connectivity index (χ4n) is 3.12. The topological polar surface area (TPSA) is 78.1 Å². The largest absolute Gasteiger partial charge is 0.324 e. The van der Waals surface area contributed by atoms with Crippen LogP contribution in [-0.2, 0) is 0 Å². The van der Waals surface area contributed by atoms with Crippen LogP contribution in [-0.4, -0.2) is 0 Å². The van der Waals surface area contributed by atoms with Gasteiger partial charge in [-0.25, -0.2) is 0 Å². The fraction of sp³-hybridized carbons (Fsp3) is 0.714. The number of rotatable bonds is 12. The van der Waals surface area contributed by atoms with Gasteiger partial charge < -0.3 is 17.2 Å². The van der Waals surface area contributed by atoms with E-state index in [9.17, 15) is 0 Å². The van der Waals surface area contributed by atoms with Crippen LogP contribution in [0.2, 0.25) is 0 Å². The van der Waals surface area contributed by atoms with Crippen LogP contribution in [0.5, 0.6) is 0 Å². The van der Waals surface area contributed by atoms with Crippen molar-refractivity contribution < 1.29 is 0 Å². The third-order valence-electron chi connectivity index (χ3n) is 4.89. The van der Waals surface area contributed by atoms with Crippen LogP contribution in [0.4, 0.5) is 0 Å². The Morgan fingerprint density at radius 3 is 1.04 bits per heavy atom. The minimum Gasteiger partial charge on any atom is -0.324 e. The van der Waals surface area contributed by atoms with Crippen molar-refractivity contribution in [2.45, 2.75) is 96.7 Å². The molecule has 0 bridgehead atoms. The summed E-state index contributed by atoms with van der Waals surface area (Å²) in [6, 6.07) is 6.91. The van der Waals surface area contributed by atoms with E-state index in [2.05, 4.69) is 39.0 Å². The average molecular weight is 334 g/mol. The highest BCUT2D eigenvalue weighted by Gasteiger charge is 2.15. The molecule has 0 fully saturated rings. The maximum atomic E-state index is 6.44. The summed E-state index contributed by atoms with van der Waals surface area (Å²) in [5.41, 5.74) is 22.9. The molecule has 138 valence electrons. The molecule has 0 aromatic heterocycles. The van der Waals surface area contributed by atoms with Crippen LogP contribution in [0.3, 0.4) is 0 Å². The van der Waals surface area contributed by atoms with Gasteiger partial charge in [0.25, 0.3) is 0 Å². The first-order valence-electron chi connectivity index (χ1n) is 9.94. The highest BCUT2D eigenvalue weighted by Crippen LogP contribution is 2.28. The maximum absolute atomic E-state index is 6.44. The van der Waals surface area contributed by atoms with Crippen LogP contribution in [0.1, 0.15) is 113 Å². The summed E-state index contributed by atoms with van der Waals surface area (Å²) in [5, 5.41) is 0. The Balaban J connectivity index is 3.03. The van der Waals surface area contributed by atoms with Crippen molar-refractivity contribution in [3.63, 3.8) is 0 Å². The van der Waals surface area contributed by atoms with E-state index in [4.69, 9.17) is 17.2 Å². The lowest BCUT2D eigenvalue weighted by atomic mass is 9.90. The number of hydrogen-bond donors (Lipinski definition) is 3. The van der Waals surface area contributed by atoms with E-state index in [0.29, 0.717) is 0 Å². The summed E-state index contributed by atoms with van der Waals surface area (Å²) in [5.74, 6) is 0. The molecule has 1 aromatic carbocycles. The minimum atomic E-state index is 0.0837. The second-order valence-electron chi connectivity index (χ2n) is 7.18. The van der Waals surface area contributed by atoms with Crippen LogP contribution in [0, 0.1) is 0 Å². The highest BCUT2D eigenvalue weighted by atomic mass is 14.7.